The van der Waals surface area contributed by atoms with Crippen LogP contribution in [0.2, 0.25) is 5.02 Å². The number of nitrogens with zero attached hydrogens (tertiary/aromatic N) is 2. The van der Waals surface area contributed by atoms with Gasteiger partial charge >= 0.3 is 6.03 Å². The van der Waals surface area contributed by atoms with E-state index in [0.29, 0.717) is 31.0 Å². The highest BCUT2D eigenvalue weighted by atomic mass is 35.5. The summed E-state index contributed by atoms with van der Waals surface area (Å²) in [6, 6.07) is 3.06. The van der Waals surface area contributed by atoms with E-state index in [1.54, 1.807) is 23.2 Å². The number of urea groups is 1. The van der Waals surface area contributed by atoms with Gasteiger partial charge in [-0.05, 0) is 41.9 Å². The summed E-state index contributed by atoms with van der Waals surface area (Å²) in [7, 11) is 0. The second-order valence-electron chi connectivity index (χ2n) is 7.89. The Morgan fingerprint density at radius 3 is 2.75 bits per heavy atom. The number of halogens is 3. The van der Waals surface area contributed by atoms with E-state index in [1.807, 2.05) is 13.8 Å². The number of carbonyl (C=O) groups is 1. The molecule has 2 heterocycles. The predicted octanol–water partition coefficient (Wildman–Crippen LogP) is 3.96. The number of hydrogen-bond acceptors (Lipinski definition) is 3. The van der Waals surface area contributed by atoms with Gasteiger partial charge in [-0.2, -0.15) is 5.10 Å². The highest BCUT2D eigenvalue weighted by Crippen LogP contribution is 2.46. The van der Waals surface area contributed by atoms with Gasteiger partial charge in [-0.3, -0.25) is 5.10 Å². The molecule has 2 aromatic rings. The van der Waals surface area contributed by atoms with Gasteiger partial charge in [0, 0.05) is 23.5 Å². The number of nitrogens with one attached hydrogen (secondary N) is 2. The second-order valence-corrected chi connectivity index (χ2v) is 8.33. The highest BCUT2D eigenvalue weighted by molar-refractivity contribution is 6.31. The Balaban J connectivity index is 1.69. The number of alkyl halides is 2. The third kappa shape index (κ3) is 4.22. The van der Waals surface area contributed by atoms with E-state index in [1.165, 1.54) is 0 Å². The topological polar surface area (TPSA) is 81.3 Å². The molecule has 28 heavy (non-hydrogen) atoms. The van der Waals surface area contributed by atoms with E-state index < -0.39 is 30.5 Å². The van der Waals surface area contributed by atoms with Crippen molar-refractivity contribution in [1.82, 2.24) is 20.4 Å². The van der Waals surface area contributed by atoms with Crippen LogP contribution in [-0.2, 0) is 0 Å². The number of aliphatic hydroxyl groups is 1. The van der Waals surface area contributed by atoms with Crippen molar-refractivity contribution in [2.45, 2.75) is 39.2 Å². The maximum Gasteiger partial charge on any atom is 0.317 e. The van der Waals surface area contributed by atoms with E-state index in [0.717, 1.165) is 16.5 Å². The van der Waals surface area contributed by atoms with Gasteiger partial charge in [0.2, 0.25) is 0 Å². The van der Waals surface area contributed by atoms with E-state index in [4.69, 9.17) is 11.6 Å². The van der Waals surface area contributed by atoms with E-state index in [9.17, 15) is 18.7 Å². The average Bonchev–Trinajstić information content (AvgIpc) is 3.13. The smallest absolute Gasteiger partial charge is 0.317 e. The lowest BCUT2D eigenvalue weighted by molar-refractivity contribution is -0.0143. The first-order chi connectivity index (χ1) is 13.2. The molecule has 3 N–H and O–H groups in total. The normalized spacial score (nSPS) is 17.3. The first-order valence-corrected chi connectivity index (χ1v) is 9.69. The number of aliphatic hydroxyl groups excluding tert-OH is 1. The number of carbonyl (C=O) groups excluding carboxylic acids is 1. The molecule has 9 heteroatoms. The zero-order chi connectivity index (χ0) is 20.5. The molecule has 6 nitrogen and oxygen atoms in total. The lowest BCUT2D eigenvalue weighted by atomic mass is 9.68. The summed E-state index contributed by atoms with van der Waals surface area (Å²) in [6.07, 6.45) is -0.290. The van der Waals surface area contributed by atoms with Crippen molar-refractivity contribution in [3.63, 3.8) is 0 Å². The average molecular weight is 415 g/mol. The van der Waals surface area contributed by atoms with Crippen molar-refractivity contribution >= 4 is 28.5 Å². The fraction of sp³-hybridized carbons (Fsp3) is 0.579. The number of aromatic amines is 1. The maximum absolute atomic E-state index is 12.3. The monoisotopic (exact) mass is 414 g/mol. The van der Waals surface area contributed by atoms with Gasteiger partial charge in [-0.15, -0.1) is 0 Å². The molecule has 2 amide bonds. The minimum atomic E-state index is -2.56. The molecule has 0 radical (unpaired) electrons. The van der Waals surface area contributed by atoms with Gasteiger partial charge in [0.25, 0.3) is 6.43 Å². The van der Waals surface area contributed by atoms with E-state index in [-0.39, 0.29) is 5.92 Å². The van der Waals surface area contributed by atoms with Crippen LogP contribution in [0.5, 0.6) is 0 Å². The number of amides is 2. The number of rotatable bonds is 5. The molecule has 1 atom stereocenters. The number of H-pyrrole nitrogens is 1. The molecule has 1 aliphatic heterocycles. The van der Waals surface area contributed by atoms with Crippen molar-refractivity contribution < 1.29 is 18.7 Å². The molecular formula is C19H25ClF2N4O2. The van der Waals surface area contributed by atoms with Gasteiger partial charge in [0.1, 0.15) is 0 Å². The van der Waals surface area contributed by atoms with Crippen molar-refractivity contribution in [3.05, 3.63) is 28.9 Å². The number of hydrogen-bond donors (Lipinski definition) is 3. The largest absolute Gasteiger partial charge is 0.388 e. The lowest BCUT2D eigenvalue weighted by Gasteiger charge is -2.43. The third-order valence-corrected chi connectivity index (χ3v) is 6.01. The summed E-state index contributed by atoms with van der Waals surface area (Å²) < 4.78 is 24.5. The summed E-state index contributed by atoms with van der Waals surface area (Å²) in [5, 5.41) is 21.7. The maximum atomic E-state index is 12.3. The van der Waals surface area contributed by atoms with Crippen LogP contribution in [0, 0.1) is 11.3 Å². The second kappa shape index (κ2) is 8.21. The number of likely N-dealkylation sites (tertiary alicyclic amines) is 1. The van der Waals surface area contributed by atoms with Crippen LogP contribution in [0.3, 0.4) is 0 Å². The minimum Gasteiger partial charge on any atom is -0.388 e. The minimum absolute atomic E-state index is 0.155. The Morgan fingerprint density at radius 2 is 2.11 bits per heavy atom. The number of piperidine rings is 1. The SMILES string of the molecule is CC(C)(C1CCN(C(=O)NCC(F)F)CC1)C(O)c1cc(Cl)cc2[nH]ncc12. The Labute approximate surface area is 167 Å². The number of fused-ring (bicyclic) bond motifs is 1. The van der Waals surface area contributed by atoms with Gasteiger partial charge in [0.15, 0.2) is 0 Å². The molecule has 1 fully saturated rings. The summed E-state index contributed by atoms with van der Waals surface area (Å²) in [5.41, 5.74) is 1.02. The van der Waals surface area contributed by atoms with Gasteiger partial charge in [-0.25, -0.2) is 13.6 Å². The van der Waals surface area contributed by atoms with Crippen LogP contribution in [-0.4, -0.2) is 52.3 Å². The summed E-state index contributed by atoms with van der Waals surface area (Å²) in [6.45, 7) is 4.29. The lowest BCUT2D eigenvalue weighted by Crippen LogP contribution is -2.48. The molecule has 154 valence electrons. The first kappa shape index (κ1) is 20.8. The van der Waals surface area contributed by atoms with Gasteiger partial charge < -0.3 is 15.3 Å². The van der Waals surface area contributed by atoms with E-state index in [2.05, 4.69) is 15.5 Å². The molecule has 0 aliphatic carbocycles. The molecule has 0 bridgehead atoms. The van der Waals surface area contributed by atoms with Crippen LogP contribution >= 0.6 is 11.6 Å². The zero-order valence-corrected chi connectivity index (χ0v) is 16.6. The fourth-order valence-corrected chi connectivity index (χ4v) is 4.22. The number of benzene rings is 1. The van der Waals surface area contributed by atoms with Gasteiger partial charge in [-0.1, -0.05) is 25.4 Å². The third-order valence-electron chi connectivity index (χ3n) is 5.80. The van der Waals surface area contributed by atoms with Gasteiger partial charge in [0.05, 0.1) is 24.4 Å². The van der Waals surface area contributed by atoms with Crippen LogP contribution in [0.25, 0.3) is 10.9 Å². The van der Waals surface area contributed by atoms with Crippen molar-refractivity contribution in [2.75, 3.05) is 19.6 Å². The molecule has 0 spiro atoms. The van der Waals surface area contributed by atoms with Crippen molar-refractivity contribution in [2.24, 2.45) is 11.3 Å². The van der Waals surface area contributed by atoms with Crippen molar-refractivity contribution in [1.29, 1.82) is 0 Å². The summed E-state index contributed by atoms with van der Waals surface area (Å²) in [5.74, 6) is 0.155. The molecule has 3 rings (SSSR count). The quantitative estimate of drug-likeness (QED) is 0.692. The number of aromatic nitrogens is 2. The molecule has 1 unspecified atom stereocenters. The Kier molecular flexibility index (Phi) is 6.09. The first-order valence-electron chi connectivity index (χ1n) is 9.31. The molecule has 1 saturated heterocycles. The van der Waals surface area contributed by atoms with E-state index >= 15 is 0 Å². The summed E-state index contributed by atoms with van der Waals surface area (Å²) in [4.78, 5) is 13.5. The Bertz CT molecular complexity index is 834. The Morgan fingerprint density at radius 1 is 1.43 bits per heavy atom. The predicted molar refractivity (Wildman–Crippen MR) is 104 cm³/mol. The van der Waals surface area contributed by atoms with Crippen molar-refractivity contribution in [3.8, 4) is 0 Å². The van der Waals surface area contributed by atoms with Crippen LogP contribution in [0.15, 0.2) is 18.3 Å². The Hall–Kier alpha value is -1.93. The molecule has 1 aromatic carbocycles. The van der Waals surface area contributed by atoms with Crippen LogP contribution in [0.4, 0.5) is 13.6 Å². The molecule has 0 saturated carbocycles. The molecule has 1 aromatic heterocycles. The summed E-state index contributed by atoms with van der Waals surface area (Å²) >= 11 is 6.20. The highest BCUT2D eigenvalue weighted by Gasteiger charge is 2.40. The fourth-order valence-electron chi connectivity index (χ4n) is 4.00. The van der Waals surface area contributed by atoms with Crippen LogP contribution in [0.1, 0.15) is 38.4 Å². The van der Waals surface area contributed by atoms with Crippen LogP contribution < -0.4 is 5.32 Å². The standard InChI is InChI=1S/C19H25ClF2N4O2/c1-19(2,11-3-5-26(6-4-11)18(28)23-10-16(21)22)17(27)13-7-12(20)8-15-14(13)9-24-25-15/h7-9,11,16-17,27H,3-6,10H2,1-2H3,(H,23,28)(H,24,25). The molecular weight excluding hydrogens is 390 g/mol. The molecule has 1 aliphatic rings. The zero-order valence-electron chi connectivity index (χ0n) is 15.9.